The molecule has 0 aromatic carbocycles. The minimum atomic E-state index is -0.183. The average molecular weight is 398 g/mol. The van der Waals surface area contributed by atoms with Crippen LogP contribution >= 0.6 is 0 Å². The molecule has 5 rings (SSSR count). The molecule has 3 aliphatic heterocycles. The van der Waals surface area contributed by atoms with Gasteiger partial charge >= 0.3 is 0 Å². The highest BCUT2D eigenvalue weighted by Gasteiger charge is 2.40. The smallest absolute Gasteiger partial charge is 0.228 e. The summed E-state index contributed by atoms with van der Waals surface area (Å²) in [6.45, 7) is 2.97. The summed E-state index contributed by atoms with van der Waals surface area (Å²) in [5.74, 6) is 1.04. The number of carbonyl (C=O) groups excluding carboxylic acids is 2. The highest BCUT2D eigenvalue weighted by molar-refractivity contribution is 5.89. The minimum absolute atomic E-state index is 0.129. The summed E-state index contributed by atoms with van der Waals surface area (Å²) in [5.41, 5.74) is 2.15. The van der Waals surface area contributed by atoms with Crippen LogP contribution in [-0.4, -0.2) is 69.2 Å². The Morgan fingerprint density at radius 1 is 1.14 bits per heavy atom. The molecule has 4 heterocycles. The quantitative estimate of drug-likeness (QED) is 0.779. The SMILES string of the molecule is CN1CCC[C@@H]1c1ncc2c(n1)CCN(C(=O)[C@H]1CC(=O)N(C3CCCC3)C1)C2. The lowest BCUT2D eigenvalue weighted by Crippen LogP contribution is -2.42. The summed E-state index contributed by atoms with van der Waals surface area (Å²) < 4.78 is 0. The Bertz CT molecular complexity index is 806. The third-order valence-corrected chi connectivity index (χ3v) is 7.36. The number of carbonyl (C=O) groups is 2. The van der Waals surface area contributed by atoms with E-state index in [2.05, 4.69) is 16.9 Å². The predicted molar refractivity (Wildman–Crippen MR) is 108 cm³/mol. The molecule has 2 amide bonds. The maximum absolute atomic E-state index is 13.1. The Hall–Kier alpha value is -2.02. The molecule has 1 aromatic rings. The third kappa shape index (κ3) is 3.54. The van der Waals surface area contributed by atoms with E-state index in [9.17, 15) is 9.59 Å². The van der Waals surface area contributed by atoms with Crippen molar-refractivity contribution < 1.29 is 9.59 Å². The largest absolute Gasteiger partial charge is 0.339 e. The van der Waals surface area contributed by atoms with Crippen molar-refractivity contribution in [3.63, 3.8) is 0 Å². The van der Waals surface area contributed by atoms with Crippen molar-refractivity contribution in [3.05, 3.63) is 23.3 Å². The van der Waals surface area contributed by atoms with Crippen LogP contribution in [0.2, 0.25) is 0 Å². The van der Waals surface area contributed by atoms with Gasteiger partial charge in [-0.25, -0.2) is 9.97 Å². The second-order valence-electron chi connectivity index (χ2n) is 9.23. The molecule has 3 fully saturated rings. The first-order valence-electron chi connectivity index (χ1n) is 11.2. The van der Waals surface area contributed by atoms with Crippen LogP contribution in [0.1, 0.15) is 68.1 Å². The minimum Gasteiger partial charge on any atom is -0.339 e. The van der Waals surface area contributed by atoms with Crippen LogP contribution in [0.25, 0.3) is 0 Å². The number of hydrogen-bond acceptors (Lipinski definition) is 5. The van der Waals surface area contributed by atoms with E-state index >= 15 is 0 Å². The normalized spacial score (nSPS) is 28.4. The average Bonchev–Trinajstić information content (AvgIpc) is 3.47. The summed E-state index contributed by atoms with van der Waals surface area (Å²) in [6.07, 6.45) is 9.99. The zero-order valence-electron chi connectivity index (χ0n) is 17.3. The van der Waals surface area contributed by atoms with Gasteiger partial charge in [0.05, 0.1) is 17.7 Å². The van der Waals surface area contributed by atoms with Gasteiger partial charge in [0, 0.05) is 50.3 Å². The predicted octanol–water partition coefficient (Wildman–Crippen LogP) is 1.92. The van der Waals surface area contributed by atoms with Gasteiger partial charge in [0.15, 0.2) is 0 Å². The van der Waals surface area contributed by atoms with Crippen LogP contribution in [-0.2, 0) is 22.6 Å². The Labute approximate surface area is 172 Å². The van der Waals surface area contributed by atoms with Gasteiger partial charge in [-0.05, 0) is 39.3 Å². The molecule has 29 heavy (non-hydrogen) atoms. The molecule has 0 radical (unpaired) electrons. The highest BCUT2D eigenvalue weighted by Crippen LogP contribution is 2.32. The fourth-order valence-electron chi connectivity index (χ4n) is 5.64. The first kappa shape index (κ1) is 19.0. The maximum atomic E-state index is 13.1. The van der Waals surface area contributed by atoms with Gasteiger partial charge in [-0.2, -0.15) is 0 Å². The van der Waals surface area contributed by atoms with Gasteiger partial charge in [0.2, 0.25) is 11.8 Å². The molecule has 2 saturated heterocycles. The fraction of sp³-hybridized carbons (Fsp3) is 0.727. The van der Waals surface area contributed by atoms with Crippen LogP contribution in [0.5, 0.6) is 0 Å². The summed E-state index contributed by atoms with van der Waals surface area (Å²) in [7, 11) is 2.14. The van der Waals surface area contributed by atoms with E-state index < -0.39 is 0 Å². The van der Waals surface area contributed by atoms with Crippen LogP contribution in [0.15, 0.2) is 6.20 Å². The van der Waals surface area contributed by atoms with Gasteiger partial charge in [-0.1, -0.05) is 12.8 Å². The van der Waals surface area contributed by atoms with Crippen molar-refractivity contribution in [1.29, 1.82) is 0 Å². The molecule has 156 valence electrons. The zero-order chi connectivity index (χ0) is 20.0. The standard InChI is InChI=1S/C22H31N5O2/c1-25-9-4-7-19(25)21-23-12-16-13-26(10-8-18(16)24-21)22(29)15-11-20(28)27(14-15)17-5-2-3-6-17/h12,15,17,19H,2-11,13-14H2,1H3/t15-,19+/m0/s1. The van der Waals surface area contributed by atoms with E-state index in [-0.39, 0.29) is 17.7 Å². The van der Waals surface area contributed by atoms with Gasteiger partial charge in [0.25, 0.3) is 0 Å². The molecule has 0 spiro atoms. The van der Waals surface area contributed by atoms with Crippen LogP contribution < -0.4 is 0 Å². The number of hydrogen-bond donors (Lipinski definition) is 0. The topological polar surface area (TPSA) is 69.6 Å². The molecular formula is C22H31N5O2. The lowest BCUT2D eigenvalue weighted by molar-refractivity contribution is -0.136. The molecule has 7 heteroatoms. The van der Waals surface area contributed by atoms with Crippen LogP contribution in [0.3, 0.4) is 0 Å². The summed E-state index contributed by atoms with van der Waals surface area (Å²) in [6, 6.07) is 0.689. The first-order chi connectivity index (χ1) is 14.1. The van der Waals surface area contributed by atoms with Crippen molar-refractivity contribution in [3.8, 4) is 0 Å². The van der Waals surface area contributed by atoms with Gasteiger partial charge in [-0.15, -0.1) is 0 Å². The Morgan fingerprint density at radius 3 is 2.72 bits per heavy atom. The molecular weight excluding hydrogens is 366 g/mol. The fourth-order valence-corrected chi connectivity index (χ4v) is 5.64. The van der Waals surface area contributed by atoms with E-state index in [0.717, 1.165) is 49.3 Å². The summed E-state index contributed by atoms with van der Waals surface area (Å²) >= 11 is 0. The van der Waals surface area contributed by atoms with Crippen LogP contribution in [0.4, 0.5) is 0 Å². The lowest BCUT2D eigenvalue weighted by Gasteiger charge is -2.31. The summed E-state index contributed by atoms with van der Waals surface area (Å²) in [4.78, 5) is 41.3. The third-order valence-electron chi connectivity index (χ3n) is 7.36. The van der Waals surface area contributed by atoms with Crippen molar-refractivity contribution in [2.75, 3.05) is 26.7 Å². The molecule has 0 N–H and O–H groups in total. The van der Waals surface area contributed by atoms with Crippen molar-refractivity contribution in [2.24, 2.45) is 5.92 Å². The van der Waals surface area contributed by atoms with Gasteiger partial charge in [0.1, 0.15) is 5.82 Å². The second-order valence-corrected chi connectivity index (χ2v) is 9.23. The van der Waals surface area contributed by atoms with E-state index in [0.29, 0.717) is 38.1 Å². The monoisotopic (exact) mass is 397 g/mol. The number of rotatable bonds is 3. The molecule has 0 bridgehead atoms. The lowest BCUT2D eigenvalue weighted by atomic mass is 10.0. The molecule has 0 unspecified atom stereocenters. The number of fused-ring (bicyclic) bond motifs is 1. The number of likely N-dealkylation sites (tertiary alicyclic amines) is 2. The van der Waals surface area contributed by atoms with E-state index in [1.165, 1.54) is 19.3 Å². The van der Waals surface area contributed by atoms with E-state index in [1.54, 1.807) is 0 Å². The van der Waals surface area contributed by atoms with Crippen molar-refractivity contribution in [2.45, 2.75) is 70.0 Å². The van der Waals surface area contributed by atoms with Crippen molar-refractivity contribution in [1.82, 2.24) is 24.7 Å². The Balaban J connectivity index is 1.25. The van der Waals surface area contributed by atoms with E-state index in [1.807, 2.05) is 16.0 Å². The molecule has 7 nitrogen and oxygen atoms in total. The molecule has 2 atom stereocenters. The Kier molecular flexibility index (Phi) is 5.02. The number of aromatic nitrogens is 2. The highest BCUT2D eigenvalue weighted by atomic mass is 16.2. The number of amides is 2. The molecule has 1 aliphatic carbocycles. The number of nitrogens with zero attached hydrogens (tertiary/aromatic N) is 5. The van der Waals surface area contributed by atoms with Crippen LogP contribution in [0, 0.1) is 5.92 Å². The zero-order valence-corrected chi connectivity index (χ0v) is 17.3. The van der Waals surface area contributed by atoms with Gasteiger partial charge in [-0.3, -0.25) is 14.5 Å². The first-order valence-corrected chi connectivity index (χ1v) is 11.2. The van der Waals surface area contributed by atoms with Gasteiger partial charge < -0.3 is 9.80 Å². The Morgan fingerprint density at radius 2 is 1.97 bits per heavy atom. The second kappa shape index (κ2) is 7.67. The molecule has 4 aliphatic rings. The molecule has 1 saturated carbocycles. The maximum Gasteiger partial charge on any atom is 0.228 e. The van der Waals surface area contributed by atoms with E-state index in [4.69, 9.17) is 4.98 Å². The van der Waals surface area contributed by atoms with Crippen molar-refractivity contribution >= 4 is 11.8 Å². The molecule has 1 aromatic heterocycles. The summed E-state index contributed by atoms with van der Waals surface area (Å²) in [5, 5.41) is 0.